The maximum Gasteiger partial charge on any atom is 0.409 e. The highest BCUT2D eigenvalue weighted by atomic mass is 16.6. The minimum atomic E-state index is -0.747. The van der Waals surface area contributed by atoms with E-state index >= 15 is 0 Å². The number of ketones is 3. The summed E-state index contributed by atoms with van der Waals surface area (Å²) < 4.78 is 5.59. The second-order valence-electron chi connectivity index (χ2n) is 24.5. The van der Waals surface area contributed by atoms with Crippen molar-refractivity contribution in [2.45, 2.75) is 235 Å². The number of nitrogens with zero attached hydrogens (tertiary/aromatic N) is 2. The molecule has 0 aromatic heterocycles. The average molecular weight is 841 g/mol. The van der Waals surface area contributed by atoms with Gasteiger partial charge in [0, 0.05) is 32.9 Å². The van der Waals surface area contributed by atoms with Gasteiger partial charge < -0.3 is 15.0 Å². The van der Waals surface area contributed by atoms with Crippen LogP contribution in [0.4, 0.5) is 4.79 Å². The Morgan fingerprint density at radius 3 is 1.57 bits per heavy atom. The van der Waals surface area contributed by atoms with Crippen LogP contribution in [0.3, 0.4) is 0 Å². The molecule has 0 spiro atoms. The Kier molecular flexibility index (Phi) is 18.3. The molecule has 2 fully saturated rings. The van der Waals surface area contributed by atoms with E-state index in [0.717, 1.165) is 83.6 Å². The molecule has 9 nitrogen and oxygen atoms in total. The fourth-order valence-electron chi connectivity index (χ4n) is 9.80. The number of allylic oxidation sites excluding steroid dienone is 3. The number of carbonyl (C=O) groups is 4. The van der Waals surface area contributed by atoms with Crippen LogP contribution in [0, 0.1) is 16.2 Å². The van der Waals surface area contributed by atoms with E-state index in [4.69, 9.17) is 4.74 Å². The van der Waals surface area contributed by atoms with Crippen LogP contribution in [-0.2, 0) is 19.1 Å². The number of hydrogen-bond acceptors (Lipinski definition) is 8. The summed E-state index contributed by atoms with van der Waals surface area (Å²) in [5.41, 5.74) is -3.86. The molecule has 0 aromatic rings. The van der Waals surface area contributed by atoms with Crippen molar-refractivity contribution in [2.75, 3.05) is 26.2 Å². The van der Waals surface area contributed by atoms with Gasteiger partial charge in [-0.05, 0) is 146 Å². The van der Waals surface area contributed by atoms with Crippen LogP contribution < -0.4 is 10.6 Å². The number of carbonyl (C=O) groups excluding carboxylic acids is 4. The van der Waals surface area contributed by atoms with Crippen molar-refractivity contribution < 1.29 is 23.9 Å². The number of ether oxygens (including phenoxy) is 1. The summed E-state index contributed by atoms with van der Waals surface area (Å²) in [6, 6.07) is 0. The number of likely N-dealkylation sites (tertiary alicyclic amines) is 2. The Hall–Kier alpha value is -2.36. The molecule has 0 saturated carbocycles. The van der Waals surface area contributed by atoms with Crippen molar-refractivity contribution >= 4 is 23.4 Å². The monoisotopic (exact) mass is 841 g/mol. The highest BCUT2D eigenvalue weighted by Crippen LogP contribution is 2.43. The molecule has 2 atom stereocenters. The van der Waals surface area contributed by atoms with Crippen LogP contribution in [0.25, 0.3) is 0 Å². The summed E-state index contributed by atoms with van der Waals surface area (Å²) in [4.78, 5) is 58.6. The summed E-state index contributed by atoms with van der Waals surface area (Å²) in [5, 5.41) is 7.33. The zero-order valence-electron chi connectivity index (χ0n) is 42.1. The molecule has 0 radical (unpaired) electrons. The van der Waals surface area contributed by atoms with Crippen LogP contribution >= 0.6 is 0 Å². The molecule has 0 bridgehead atoms. The largest absolute Gasteiger partial charge is 0.449 e. The highest BCUT2D eigenvalue weighted by Gasteiger charge is 2.56. The van der Waals surface area contributed by atoms with E-state index < -0.39 is 32.9 Å². The van der Waals surface area contributed by atoms with E-state index in [1.165, 1.54) is 0 Å². The van der Waals surface area contributed by atoms with Gasteiger partial charge in [0.05, 0.1) is 30.8 Å². The van der Waals surface area contributed by atoms with E-state index in [0.29, 0.717) is 25.5 Å². The zero-order chi connectivity index (χ0) is 46.2. The van der Waals surface area contributed by atoms with Gasteiger partial charge in [-0.2, -0.15) is 0 Å². The lowest BCUT2D eigenvalue weighted by Gasteiger charge is -2.53. The van der Waals surface area contributed by atoms with Gasteiger partial charge >= 0.3 is 6.09 Å². The van der Waals surface area contributed by atoms with E-state index in [9.17, 15) is 19.2 Å². The van der Waals surface area contributed by atoms with Crippen LogP contribution in [0.15, 0.2) is 24.3 Å². The Morgan fingerprint density at radius 1 is 0.617 bits per heavy atom. The molecular weight excluding hydrogens is 749 g/mol. The number of amides is 1. The van der Waals surface area contributed by atoms with Gasteiger partial charge in [0.2, 0.25) is 0 Å². The van der Waals surface area contributed by atoms with Gasteiger partial charge in [-0.1, -0.05) is 86.6 Å². The maximum atomic E-state index is 14.3. The zero-order valence-corrected chi connectivity index (χ0v) is 42.1. The van der Waals surface area contributed by atoms with Crippen LogP contribution in [0.2, 0.25) is 0 Å². The smallest absolute Gasteiger partial charge is 0.409 e. The Bertz CT molecular complexity index is 1500. The predicted molar refractivity (Wildman–Crippen MR) is 250 cm³/mol. The number of nitrogens with one attached hydrogen (secondary N) is 2. The Balaban J connectivity index is 1.96. The standard InChI is InChI=1S/C51H92N4O5/c1-43(2,3)39(56)49(52-46(10,11)12,32-27-23-24-28-33-51(41(58)45(7,8)9)34-30-35-55(51)48(16,17)18)31-26-22-20-19-21-25-29-36-60-42(59)54-37-50(38-54,53-47(13,14)15)40(57)44(4,5)6/h19-20,24,28,52-53H,21-23,25-27,29-38H2,1-18H3/b20-19+,28-24+/t49?,51-/m0/s1. The minimum absolute atomic E-state index is 0.0905. The van der Waals surface area contributed by atoms with E-state index in [1.807, 2.05) is 62.3 Å². The average Bonchev–Trinajstić information content (AvgIpc) is 3.50. The number of rotatable bonds is 20. The summed E-state index contributed by atoms with van der Waals surface area (Å²) in [6.45, 7) is 39.2. The Labute approximate surface area is 368 Å². The van der Waals surface area contributed by atoms with Crippen molar-refractivity contribution in [3.8, 4) is 0 Å². The van der Waals surface area contributed by atoms with Crippen LogP contribution in [0.1, 0.15) is 202 Å². The third-order valence-corrected chi connectivity index (χ3v) is 11.8. The van der Waals surface area contributed by atoms with Crippen molar-refractivity contribution in [3.63, 3.8) is 0 Å². The topological polar surface area (TPSA) is 108 Å². The molecule has 0 aliphatic carbocycles. The van der Waals surface area contributed by atoms with E-state index in [1.54, 1.807) is 4.90 Å². The molecule has 9 heteroatoms. The second kappa shape index (κ2) is 20.4. The van der Waals surface area contributed by atoms with Gasteiger partial charge in [-0.3, -0.25) is 24.6 Å². The molecule has 0 aromatic carbocycles. The number of hydrogen-bond donors (Lipinski definition) is 2. The lowest BCUT2D eigenvalue weighted by Crippen LogP contribution is -2.78. The van der Waals surface area contributed by atoms with Gasteiger partial charge in [-0.15, -0.1) is 0 Å². The summed E-state index contributed by atoms with van der Waals surface area (Å²) >= 11 is 0. The second-order valence-corrected chi connectivity index (χ2v) is 24.5. The van der Waals surface area contributed by atoms with Gasteiger partial charge in [0.15, 0.2) is 17.3 Å². The molecule has 2 heterocycles. The molecule has 2 aliphatic heterocycles. The van der Waals surface area contributed by atoms with Crippen molar-refractivity contribution in [1.29, 1.82) is 0 Å². The van der Waals surface area contributed by atoms with E-state index in [-0.39, 0.29) is 34.3 Å². The van der Waals surface area contributed by atoms with Crippen LogP contribution in [0.5, 0.6) is 0 Å². The first-order valence-electron chi connectivity index (χ1n) is 23.3. The first kappa shape index (κ1) is 53.8. The predicted octanol–water partition coefficient (Wildman–Crippen LogP) is 11.2. The first-order chi connectivity index (χ1) is 27.1. The van der Waals surface area contributed by atoms with Gasteiger partial charge in [0.25, 0.3) is 0 Å². The molecule has 1 unspecified atom stereocenters. The molecule has 60 heavy (non-hydrogen) atoms. The molecule has 2 rings (SSSR count). The number of Topliss-reactive ketones (excluding diaryl/α,β-unsaturated/α-hetero) is 3. The summed E-state index contributed by atoms with van der Waals surface area (Å²) in [7, 11) is 0. The Morgan fingerprint density at radius 2 is 1.12 bits per heavy atom. The molecule has 2 saturated heterocycles. The molecule has 346 valence electrons. The van der Waals surface area contributed by atoms with Crippen LogP contribution in [-0.4, -0.2) is 92.7 Å². The maximum absolute atomic E-state index is 14.3. The third-order valence-electron chi connectivity index (χ3n) is 11.8. The van der Waals surface area contributed by atoms with Gasteiger partial charge in [0.1, 0.15) is 5.54 Å². The van der Waals surface area contributed by atoms with Crippen molar-refractivity contribution in [1.82, 2.24) is 20.4 Å². The van der Waals surface area contributed by atoms with Gasteiger partial charge in [-0.25, -0.2) is 4.79 Å². The molecule has 2 N–H and O–H groups in total. The SMILES string of the molecule is CC(C)(C)NC(CCC/C=C/CCCCOC(=O)N1CC(NC(C)(C)C)(C(=O)C(C)(C)C)C1)(CCC/C=C/C[C@@]1(C(=O)C(C)(C)C)CCCN1C(C)(C)C)C(=O)C(C)(C)C. The third kappa shape index (κ3) is 15.5. The summed E-state index contributed by atoms with van der Waals surface area (Å²) in [6.07, 6.45) is 18.8. The van der Waals surface area contributed by atoms with Crippen molar-refractivity contribution in [2.24, 2.45) is 16.2 Å². The fraction of sp³-hybridized carbons (Fsp3) is 0.843. The molecule has 2 aliphatic rings. The van der Waals surface area contributed by atoms with E-state index in [2.05, 4.69) is 102 Å². The molecule has 1 amide bonds. The summed E-state index contributed by atoms with van der Waals surface area (Å²) in [5.74, 6) is 0.721. The fourth-order valence-corrected chi connectivity index (χ4v) is 9.80. The normalized spacial score (nSPS) is 20.7. The highest BCUT2D eigenvalue weighted by molar-refractivity contribution is 5.96. The first-order valence-corrected chi connectivity index (χ1v) is 23.3. The number of unbranched alkanes of at least 4 members (excludes halogenated alkanes) is 4. The van der Waals surface area contributed by atoms with Crippen molar-refractivity contribution in [3.05, 3.63) is 24.3 Å². The molecular formula is C51H92N4O5. The minimum Gasteiger partial charge on any atom is -0.449 e. The lowest BCUT2D eigenvalue weighted by atomic mass is 9.72. The lowest BCUT2D eigenvalue weighted by molar-refractivity contribution is -0.141. The quantitative estimate of drug-likeness (QED) is 0.0922.